The summed E-state index contributed by atoms with van der Waals surface area (Å²) in [5, 5.41) is 11.8. The van der Waals surface area contributed by atoms with Gasteiger partial charge in [-0.25, -0.2) is 0 Å². The number of carbonyl (C=O) groups excluding carboxylic acids is 2. The van der Waals surface area contributed by atoms with E-state index >= 15 is 0 Å². The van der Waals surface area contributed by atoms with Crippen LogP contribution in [0.25, 0.3) is 11.1 Å². The maximum atomic E-state index is 14.8. The maximum absolute atomic E-state index is 14.8. The Labute approximate surface area is 306 Å². The number of alkyl halides is 3. The second kappa shape index (κ2) is 19.4. The molecule has 53 heavy (non-hydrogen) atoms. The Morgan fingerprint density at radius 1 is 0.642 bits per heavy atom. The van der Waals surface area contributed by atoms with Gasteiger partial charge in [-0.15, -0.1) is 0 Å². The van der Waals surface area contributed by atoms with Gasteiger partial charge in [-0.05, 0) is 41.3 Å². The van der Waals surface area contributed by atoms with Crippen LogP contribution in [0, 0.1) is 6.92 Å². The minimum absolute atomic E-state index is 0.0133. The van der Waals surface area contributed by atoms with E-state index in [1.165, 1.54) is 40.2 Å². The van der Waals surface area contributed by atoms with E-state index in [1.54, 1.807) is 49.4 Å². The molecule has 2 amide bonds. The number of methoxy groups -OCH3 is 2. The molecule has 0 unspecified atom stereocenters. The molecule has 2 aromatic heterocycles. The van der Waals surface area contributed by atoms with Crippen molar-refractivity contribution in [3.63, 3.8) is 0 Å². The van der Waals surface area contributed by atoms with Crippen molar-refractivity contribution in [2.75, 3.05) is 40.4 Å². The second-order valence-electron chi connectivity index (χ2n) is 12.0. The third-order valence-electron chi connectivity index (χ3n) is 8.12. The van der Waals surface area contributed by atoms with Crippen LogP contribution in [0.2, 0.25) is 0 Å². The zero-order valence-electron chi connectivity index (χ0n) is 30.4. The van der Waals surface area contributed by atoms with E-state index < -0.39 is 11.7 Å². The van der Waals surface area contributed by atoms with Crippen LogP contribution in [0.1, 0.15) is 47.2 Å². The van der Waals surface area contributed by atoms with Crippen LogP contribution in [-0.2, 0) is 42.1 Å². The van der Waals surface area contributed by atoms with Crippen molar-refractivity contribution in [1.82, 2.24) is 31.2 Å². The predicted octanol–water partition coefficient (Wildman–Crippen LogP) is 5.10. The van der Waals surface area contributed by atoms with Gasteiger partial charge in [0.2, 0.25) is 35.3 Å². The highest BCUT2D eigenvalue weighted by Crippen LogP contribution is 2.41. The van der Waals surface area contributed by atoms with Gasteiger partial charge in [0.25, 0.3) is 0 Å². The first-order valence-electron chi connectivity index (χ1n) is 16.9. The van der Waals surface area contributed by atoms with Gasteiger partial charge < -0.3 is 40.2 Å². The summed E-state index contributed by atoms with van der Waals surface area (Å²) in [6, 6.07) is 16.4. The molecular formula is C38H45F3N6O6. The number of amides is 2. The molecule has 284 valence electrons. The summed E-state index contributed by atoms with van der Waals surface area (Å²) in [4.78, 5) is 30.9. The fraction of sp³-hybridized carbons (Fsp3) is 0.368. The molecule has 4 N–H and O–H groups in total. The summed E-state index contributed by atoms with van der Waals surface area (Å²) in [6.45, 7) is 7.21. The van der Waals surface area contributed by atoms with Crippen LogP contribution in [0.3, 0.4) is 0 Å². The van der Waals surface area contributed by atoms with E-state index in [0.29, 0.717) is 67.7 Å². The molecule has 2 aromatic carbocycles. The Hall–Kier alpha value is -5.41. The zero-order valence-corrected chi connectivity index (χ0v) is 30.4. The fourth-order valence-electron chi connectivity index (χ4n) is 5.50. The number of benzene rings is 2. The molecule has 0 spiro atoms. The molecule has 0 saturated heterocycles. The van der Waals surface area contributed by atoms with Crippen molar-refractivity contribution < 1.29 is 41.7 Å². The van der Waals surface area contributed by atoms with E-state index in [1.807, 2.05) is 6.07 Å². The molecule has 0 fully saturated rings. The van der Waals surface area contributed by atoms with E-state index in [-0.39, 0.29) is 47.9 Å². The highest BCUT2D eigenvalue weighted by Gasteiger charge is 2.37. The van der Waals surface area contributed by atoms with Gasteiger partial charge in [0.15, 0.2) is 0 Å². The van der Waals surface area contributed by atoms with Crippen LogP contribution >= 0.6 is 0 Å². The number of ether oxygens (including phenoxy) is 4. The number of pyridine rings is 2. The van der Waals surface area contributed by atoms with E-state index in [2.05, 4.69) is 31.2 Å². The third kappa shape index (κ3) is 11.8. The van der Waals surface area contributed by atoms with Gasteiger partial charge in [0.05, 0.1) is 19.8 Å². The van der Waals surface area contributed by atoms with E-state index in [0.717, 1.165) is 11.1 Å². The molecule has 0 aliphatic carbocycles. The molecule has 2 heterocycles. The number of halogens is 3. The smallest absolute Gasteiger partial charge is 0.417 e. The van der Waals surface area contributed by atoms with Crippen LogP contribution in [0.4, 0.5) is 13.2 Å². The molecule has 12 nitrogen and oxygen atoms in total. The molecule has 0 saturated carbocycles. The lowest BCUT2D eigenvalue weighted by molar-refractivity contribution is -0.138. The van der Waals surface area contributed by atoms with E-state index in [4.69, 9.17) is 18.9 Å². The standard InChI is InChI=1S/C38H45F3N6O6/c1-24-29(22-52-33-14-12-27(36(46-33)50-4)20-42-16-18-44-25(2)48)8-6-10-31(24)32-11-7-9-30(35(32)38(39,40)41)23-53-34-15-13-28(37(47-34)51-5)21-43-17-19-45-26(3)49/h6-15,42-43H,16-23H2,1-5H3,(H,44,48)(H,45,49). The minimum Gasteiger partial charge on any atom is -0.481 e. The van der Waals surface area contributed by atoms with Crippen molar-refractivity contribution in [2.45, 2.75) is 53.3 Å². The lowest BCUT2D eigenvalue weighted by Gasteiger charge is -2.20. The molecule has 0 aliphatic heterocycles. The first kappa shape index (κ1) is 40.4. The molecule has 0 aliphatic rings. The van der Waals surface area contributed by atoms with Gasteiger partial charge in [-0.2, -0.15) is 23.1 Å². The van der Waals surface area contributed by atoms with Crippen molar-refractivity contribution in [1.29, 1.82) is 0 Å². The number of hydrogen-bond donors (Lipinski definition) is 4. The van der Waals surface area contributed by atoms with Gasteiger partial charge in [-0.1, -0.05) is 36.4 Å². The topological polar surface area (TPSA) is 145 Å². The fourth-order valence-corrected chi connectivity index (χ4v) is 5.50. The van der Waals surface area contributed by atoms with Crippen molar-refractivity contribution in [3.8, 4) is 34.6 Å². The first-order chi connectivity index (χ1) is 25.4. The molecule has 0 radical (unpaired) electrons. The molecule has 0 bridgehead atoms. The molecule has 15 heteroatoms. The molecule has 4 aromatic rings. The SMILES string of the molecule is COc1nc(OCc2cccc(-c3cccc(COc4ccc(CNCCNC(C)=O)c(OC)n4)c3C(F)(F)F)c2C)ccc1CNCCNC(C)=O. The van der Waals surface area contributed by atoms with Gasteiger partial charge >= 0.3 is 6.18 Å². The Morgan fingerprint density at radius 3 is 1.58 bits per heavy atom. The summed E-state index contributed by atoms with van der Waals surface area (Å²) in [5.41, 5.74) is 2.37. The Kier molecular flexibility index (Phi) is 14.8. The molecule has 4 rings (SSSR count). The van der Waals surface area contributed by atoms with Crippen molar-refractivity contribution >= 4 is 11.8 Å². The number of carbonyl (C=O) groups is 2. The Bertz CT molecular complexity index is 1860. The van der Waals surface area contributed by atoms with Gasteiger partial charge in [0.1, 0.15) is 13.2 Å². The average molecular weight is 739 g/mol. The van der Waals surface area contributed by atoms with Crippen LogP contribution < -0.4 is 40.2 Å². The number of hydrogen-bond acceptors (Lipinski definition) is 10. The summed E-state index contributed by atoms with van der Waals surface area (Å²) in [7, 11) is 2.95. The number of nitrogens with one attached hydrogen (secondary N) is 4. The summed E-state index contributed by atoms with van der Waals surface area (Å²) in [5.74, 6) is 0.806. The summed E-state index contributed by atoms with van der Waals surface area (Å²) < 4.78 is 66.9. The van der Waals surface area contributed by atoms with E-state index in [9.17, 15) is 22.8 Å². The van der Waals surface area contributed by atoms with Gasteiger partial charge in [-0.3, -0.25) is 9.59 Å². The van der Waals surface area contributed by atoms with Crippen LogP contribution in [0.15, 0.2) is 60.7 Å². The van der Waals surface area contributed by atoms with Crippen molar-refractivity contribution in [3.05, 3.63) is 94.0 Å². The number of nitrogens with zero attached hydrogens (tertiary/aromatic N) is 2. The highest BCUT2D eigenvalue weighted by molar-refractivity contribution is 5.74. The number of aromatic nitrogens is 2. The quantitative estimate of drug-likeness (QED) is 0.0960. The monoisotopic (exact) mass is 738 g/mol. The zero-order chi connectivity index (χ0) is 38.4. The summed E-state index contributed by atoms with van der Waals surface area (Å²) in [6.07, 6.45) is -4.69. The third-order valence-corrected chi connectivity index (χ3v) is 8.12. The summed E-state index contributed by atoms with van der Waals surface area (Å²) >= 11 is 0. The highest BCUT2D eigenvalue weighted by atomic mass is 19.4. The minimum atomic E-state index is -4.69. The van der Waals surface area contributed by atoms with Crippen LogP contribution in [-0.4, -0.2) is 62.2 Å². The van der Waals surface area contributed by atoms with Gasteiger partial charge in [0, 0.05) is 81.9 Å². The normalized spacial score (nSPS) is 11.2. The molecular weight excluding hydrogens is 693 g/mol. The predicted molar refractivity (Wildman–Crippen MR) is 193 cm³/mol. The lowest BCUT2D eigenvalue weighted by Crippen LogP contribution is -2.30. The van der Waals surface area contributed by atoms with Crippen LogP contribution in [0.5, 0.6) is 23.5 Å². The Morgan fingerprint density at radius 2 is 1.11 bits per heavy atom. The Balaban J connectivity index is 1.48. The van der Waals surface area contributed by atoms with Crippen molar-refractivity contribution in [2.24, 2.45) is 0 Å². The largest absolute Gasteiger partial charge is 0.481 e. The average Bonchev–Trinajstić information content (AvgIpc) is 3.13. The maximum Gasteiger partial charge on any atom is 0.417 e. The second-order valence-corrected chi connectivity index (χ2v) is 12.0. The lowest BCUT2D eigenvalue weighted by atomic mass is 9.90. The first-order valence-corrected chi connectivity index (χ1v) is 16.9. The molecule has 0 atom stereocenters. The number of rotatable bonds is 19.